The largest absolute Gasteiger partial charge is 0.351 e. The minimum Gasteiger partial charge on any atom is -0.351 e. The zero-order valence-corrected chi connectivity index (χ0v) is 10.4. The number of nitrogens with one attached hydrogen (secondary N) is 1. The molecule has 0 unspecified atom stereocenters. The molecule has 0 aliphatic rings. The highest BCUT2D eigenvalue weighted by Gasteiger charge is 2.08. The van der Waals surface area contributed by atoms with Crippen LogP contribution in [0.4, 0.5) is 0 Å². The van der Waals surface area contributed by atoms with Crippen molar-refractivity contribution in [3.05, 3.63) is 29.6 Å². The number of amides is 1. The second-order valence-corrected chi connectivity index (χ2v) is 4.13. The smallest absolute Gasteiger partial charge is 0.270 e. The van der Waals surface area contributed by atoms with Crippen LogP contribution in [0.1, 0.15) is 41.7 Å². The molecular formula is C13H21N3O. The quantitative estimate of drug-likeness (QED) is 0.706. The van der Waals surface area contributed by atoms with E-state index in [4.69, 9.17) is 5.73 Å². The van der Waals surface area contributed by atoms with Crippen LogP contribution >= 0.6 is 0 Å². The molecule has 0 fully saturated rings. The van der Waals surface area contributed by atoms with Gasteiger partial charge in [-0.05, 0) is 37.9 Å². The van der Waals surface area contributed by atoms with Crippen LogP contribution in [0.15, 0.2) is 18.3 Å². The number of carbonyl (C=O) groups is 1. The summed E-state index contributed by atoms with van der Waals surface area (Å²) in [5.74, 6) is -0.0816. The van der Waals surface area contributed by atoms with Gasteiger partial charge in [0.15, 0.2) is 0 Å². The summed E-state index contributed by atoms with van der Waals surface area (Å²) in [4.78, 5) is 15.8. The van der Waals surface area contributed by atoms with Crippen LogP contribution in [0.2, 0.25) is 0 Å². The Kier molecular flexibility index (Phi) is 6.25. The van der Waals surface area contributed by atoms with Crippen molar-refractivity contribution in [2.45, 2.75) is 32.6 Å². The first-order valence-corrected chi connectivity index (χ1v) is 6.15. The summed E-state index contributed by atoms with van der Waals surface area (Å²) in [6.45, 7) is 3.35. The van der Waals surface area contributed by atoms with Crippen LogP contribution < -0.4 is 11.1 Å². The van der Waals surface area contributed by atoms with Crippen molar-refractivity contribution in [2.24, 2.45) is 5.73 Å². The van der Waals surface area contributed by atoms with Crippen LogP contribution in [0, 0.1) is 6.92 Å². The minimum atomic E-state index is -0.0816. The fourth-order valence-electron chi connectivity index (χ4n) is 1.63. The molecule has 0 bridgehead atoms. The molecule has 1 aromatic heterocycles. The van der Waals surface area contributed by atoms with E-state index in [2.05, 4.69) is 10.3 Å². The van der Waals surface area contributed by atoms with Crippen molar-refractivity contribution < 1.29 is 4.79 Å². The molecule has 17 heavy (non-hydrogen) atoms. The highest BCUT2D eigenvalue weighted by molar-refractivity contribution is 5.93. The Morgan fingerprint density at radius 3 is 2.82 bits per heavy atom. The first-order chi connectivity index (χ1) is 8.25. The van der Waals surface area contributed by atoms with Crippen molar-refractivity contribution in [1.82, 2.24) is 10.3 Å². The summed E-state index contributed by atoms with van der Waals surface area (Å²) < 4.78 is 0. The number of pyridine rings is 1. The zero-order valence-electron chi connectivity index (χ0n) is 10.4. The zero-order chi connectivity index (χ0) is 12.5. The lowest BCUT2D eigenvalue weighted by molar-refractivity contribution is 0.0947. The third-order valence-electron chi connectivity index (χ3n) is 2.64. The molecule has 3 N–H and O–H groups in total. The van der Waals surface area contributed by atoms with E-state index < -0.39 is 0 Å². The maximum absolute atomic E-state index is 11.8. The van der Waals surface area contributed by atoms with Gasteiger partial charge < -0.3 is 11.1 Å². The second kappa shape index (κ2) is 7.79. The number of aromatic nitrogens is 1. The van der Waals surface area contributed by atoms with E-state index in [0.29, 0.717) is 12.2 Å². The van der Waals surface area contributed by atoms with Gasteiger partial charge in [-0.25, -0.2) is 0 Å². The molecule has 4 heteroatoms. The molecule has 0 saturated carbocycles. The van der Waals surface area contributed by atoms with Gasteiger partial charge in [-0.15, -0.1) is 0 Å². The Morgan fingerprint density at radius 1 is 1.35 bits per heavy atom. The van der Waals surface area contributed by atoms with E-state index in [9.17, 15) is 4.79 Å². The summed E-state index contributed by atoms with van der Waals surface area (Å²) >= 11 is 0. The Morgan fingerprint density at radius 2 is 2.12 bits per heavy atom. The Hall–Kier alpha value is -1.42. The summed E-state index contributed by atoms with van der Waals surface area (Å²) in [6.07, 6.45) is 5.95. The monoisotopic (exact) mass is 235 g/mol. The highest BCUT2D eigenvalue weighted by Crippen LogP contribution is 2.03. The first kappa shape index (κ1) is 13.6. The summed E-state index contributed by atoms with van der Waals surface area (Å²) in [5, 5.41) is 2.88. The molecule has 0 atom stereocenters. The Balaban J connectivity index is 2.24. The lowest BCUT2D eigenvalue weighted by Crippen LogP contribution is -2.26. The average molecular weight is 235 g/mol. The predicted octanol–water partition coefficient (Wildman–Crippen LogP) is 1.64. The summed E-state index contributed by atoms with van der Waals surface area (Å²) in [7, 11) is 0. The van der Waals surface area contributed by atoms with Crippen LogP contribution in [0.3, 0.4) is 0 Å². The molecule has 0 aromatic carbocycles. The van der Waals surface area contributed by atoms with Crippen LogP contribution in [0.5, 0.6) is 0 Å². The van der Waals surface area contributed by atoms with Gasteiger partial charge in [-0.1, -0.05) is 18.9 Å². The number of unbranched alkanes of at least 4 members (excludes halogenated alkanes) is 3. The Labute approximate surface area is 103 Å². The molecule has 0 aliphatic heterocycles. The molecule has 1 amide bonds. The maximum atomic E-state index is 11.8. The standard InChI is InChI=1S/C13H21N3O/c1-11-7-6-10-15-12(11)13(17)16-9-5-3-2-4-8-14/h6-7,10H,2-5,8-9,14H2,1H3,(H,16,17). The van der Waals surface area contributed by atoms with E-state index in [1.807, 2.05) is 19.1 Å². The fourth-order valence-corrected chi connectivity index (χ4v) is 1.63. The van der Waals surface area contributed by atoms with Crippen molar-refractivity contribution >= 4 is 5.91 Å². The average Bonchev–Trinajstić information content (AvgIpc) is 2.34. The molecule has 0 radical (unpaired) electrons. The van der Waals surface area contributed by atoms with Gasteiger partial charge in [0.25, 0.3) is 5.91 Å². The molecule has 1 heterocycles. The molecule has 94 valence electrons. The van der Waals surface area contributed by atoms with E-state index >= 15 is 0 Å². The van der Waals surface area contributed by atoms with E-state index in [-0.39, 0.29) is 5.91 Å². The molecule has 1 aromatic rings. The number of hydrogen-bond acceptors (Lipinski definition) is 3. The van der Waals surface area contributed by atoms with Crippen LogP contribution in [-0.2, 0) is 0 Å². The van der Waals surface area contributed by atoms with Crippen LogP contribution in [-0.4, -0.2) is 24.0 Å². The Bertz CT molecular complexity index is 352. The molecular weight excluding hydrogens is 214 g/mol. The second-order valence-electron chi connectivity index (χ2n) is 4.13. The third-order valence-corrected chi connectivity index (χ3v) is 2.64. The van der Waals surface area contributed by atoms with Gasteiger partial charge in [0.2, 0.25) is 0 Å². The van der Waals surface area contributed by atoms with E-state index in [1.54, 1.807) is 6.20 Å². The summed E-state index contributed by atoms with van der Waals surface area (Å²) in [5.41, 5.74) is 6.84. The van der Waals surface area contributed by atoms with Gasteiger partial charge in [0.05, 0.1) is 0 Å². The third kappa shape index (κ3) is 4.95. The topological polar surface area (TPSA) is 68.0 Å². The van der Waals surface area contributed by atoms with Crippen molar-refractivity contribution in [3.63, 3.8) is 0 Å². The predicted molar refractivity (Wildman–Crippen MR) is 68.8 cm³/mol. The number of aryl methyl sites for hydroxylation is 1. The van der Waals surface area contributed by atoms with Crippen LogP contribution in [0.25, 0.3) is 0 Å². The fraction of sp³-hybridized carbons (Fsp3) is 0.538. The van der Waals surface area contributed by atoms with Gasteiger partial charge in [0, 0.05) is 12.7 Å². The maximum Gasteiger partial charge on any atom is 0.270 e. The molecule has 1 rings (SSSR count). The first-order valence-electron chi connectivity index (χ1n) is 6.15. The van der Waals surface area contributed by atoms with Gasteiger partial charge in [-0.2, -0.15) is 0 Å². The number of hydrogen-bond donors (Lipinski definition) is 2. The highest BCUT2D eigenvalue weighted by atomic mass is 16.1. The number of carbonyl (C=O) groups excluding carboxylic acids is 1. The SMILES string of the molecule is Cc1cccnc1C(=O)NCCCCCCN. The number of nitrogens with two attached hydrogens (primary N) is 1. The minimum absolute atomic E-state index is 0.0816. The van der Waals surface area contributed by atoms with Crippen molar-refractivity contribution in [1.29, 1.82) is 0 Å². The van der Waals surface area contributed by atoms with E-state index in [0.717, 1.165) is 37.8 Å². The lowest BCUT2D eigenvalue weighted by atomic mass is 10.2. The lowest BCUT2D eigenvalue weighted by Gasteiger charge is -2.06. The van der Waals surface area contributed by atoms with Gasteiger partial charge in [-0.3, -0.25) is 9.78 Å². The molecule has 0 aliphatic carbocycles. The van der Waals surface area contributed by atoms with Gasteiger partial charge in [0.1, 0.15) is 5.69 Å². The van der Waals surface area contributed by atoms with E-state index in [1.165, 1.54) is 0 Å². The molecule has 0 spiro atoms. The summed E-state index contributed by atoms with van der Waals surface area (Å²) in [6, 6.07) is 3.72. The normalized spacial score (nSPS) is 10.2. The number of rotatable bonds is 7. The van der Waals surface area contributed by atoms with Crippen molar-refractivity contribution in [3.8, 4) is 0 Å². The van der Waals surface area contributed by atoms with Crippen molar-refractivity contribution in [2.75, 3.05) is 13.1 Å². The molecule has 0 saturated heterocycles. The van der Waals surface area contributed by atoms with Gasteiger partial charge >= 0.3 is 0 Å². The number of nitrogens with zero attached hydrogens (tertiary/aromatic N) is 1. The molecule has 4 nitrogen and oxygen atoms in total.